The van der Waals surface area contributed by atoms with Gasteiger partial charge >= 0.3 is 5.16 Å². The first-order chi connectivity index (χ1) is 11.2. The minimum Gasteiger partial charge on any atom is -0.388 e. The van der Waals surface area contributed by atoms with E-state index in [9.17, 15) is 9.90 Å². The average Bonchev–Trinajstić information content (AvgIpc) is 2.89. The Morgan fingerprint density at radius 3 is 2.74 bits per heavy atom. The molecular formula is C18H17N2O2S+. The molecule has 3 aromatic rings. The Bertz CT molecular complexity index is 873. The molecule has 1 N–H and O–H groups in total. The van der Waals surface area contributed by atoms with Crippen molar-refractivity contribution < 1.29 is 14.5 Å². The third-order valence-electron chi connectivity index (χ3n) is 4.12. The molecule has 1 unspecified atom stereocenters. The van der Waals surface area contributed by atoms with Crippen molar-refractivity contribution in [2.75, 3.05) is 5.75 Å². The Balaban J connectivity index is 1.79. The van der Waals surface area contributed by atoms with E-state index in [2.05, 4.69) is 9.13 Å². The fourth-order valence-electron chi connectivity index (χ4n) is 3.05. The number of hydrogen-bond acceptors (Lipinski definition) is 3. The standard InChI is InChI=1S/C18H17N2O2S/c21-14-10-19-15-8-4-5-9-16(15)20(18(19)23-12-14)11-17(22)13-6-2-1-3-7-13/h1-9,14,21H,10-12H2/q+1. The van der Waals surface area contributed by atoms with Crippen molar-refractivity contribution in [3.8, 4) is 0 Å². The van der Waals surface area contributed by atoms with Crippen LogP contribution in [0.4, 0.5) is 0 Å². The molecule has 0 amide bonds. The molecule has 4 nitrogen and oxygen atoms in total. The Morgan fingerprint density at radius 1 is 1.17 bits per heavy atom. The van der Waals surface area contributed by atoms with Gasteiger partial charge in [0.15, 0.2) is 17.6 Å². The Hall–Kier alpha value is -2.11. The van der Waals surface area contributed by atoms with E-state index in [0.29, 0.717) is 18.8 Å². The highest BCUT2D eigenvalue weighted by Gasteiger charge is 2.32. The second kappa shape index (κ2) is 5.83. The second-order valence-corrected chi connectivity index (χ2v) is 6.71. The summed E-state index contributed by atoms with van der Waals surface area (Å²) in [6.07, 6.45) is -0.346. The van der Waals surface area contributed by atoms with Gasteiger partial charge in [-0.15, -0.1) is 0 Å². The first kappa shape index (κ1) is 14.5. The molecule has 0 saturated heterocycles. The van der Waals surface area contributed by atoms with Crippen LogP contribution in [0, 0.1) is 0 Å². The molecule has 0 saturated carbocycles. The van der Waals surface area contributed by atoms with Crippen molar-refractivity contribution in [1.29, 1.82) is 0 Å². The Morgan fingerprint density at radius 2 is 1.91 bits per heavy atom. The molecule has 4 rings (SSSR count). The fourth-order valence-corrected chi connectivity index (χ4v) is 4.14. The van der Waals surface area contributed by atoms with Crippen LogP contribution in [-0.2, 0) is 13.1 Å². The van der Waals surface area contributed by atoms with Crippen molar-refractivity contribution in [2.24, 2.45) is 0 Å². The van der Waals surface area contributed by atoms with Gasteiger partial charge in [0.1, 0.15) is 12.6 Å². The number of imidazole rings is 1. The van der Waals surface area contributed by atoms with E-state index in [1.165, 1.54) is 0 Å². The minimum atomic E-state index is -0.346. The molecule has 1 aliphatic heterocycles. The number of nitrogens with zero attached hydrogens (tertiary/aromatic N) is 2. The van der Waals surface area contributed by atoms with E-state index < -0.39 is 0 Å². The predicted octanol–water partition coefficient (Wildman–Crippen LogP) is 2.28. The third-order valence-corrected chi connectivity index (χ3v) is 5.37. The van der Waals surface area contributed by atoms with Crippen LogP contribution in [0.2, 0.25) is 0 Å². The van der Waals surface area contributed by atoms with Crippen LogP contribution in [0.3, 0.4) is 0 Å². The number of carbonyl (C=O) groups excluding carboxylic acids is 1. The molecule has 23 heavy (non-hydrogen) atoms. The lowest BCUT2D eigenvalue weighted by molar-refractivity contribution is -0.717. The first-order valence-corrected chi connectivity index (χ1v) is 8.63. The van der Waals surface area contributed by atoms with Crippen LogP contribution >= 0.6 is 11.8 Å². The molecule has 0 bridgehead atoms. The molecule has 2 aromatic carbocycles. The molecular weight excluding hydrogens is 308 g/mol. The molecule has 0 spiro atoms. The zero-order valence-electron chi connectivity index (χ0n) is 12.6. The number of aliphatic hydroxyl groups excluding tert-OH is 1. The zero-order chi connectivity index (χ0) is 15.8. The number of Topliss-reactive ketones (excluding diaryl/α,β-unsaturated/α-hetero) is 1. The lowest BCUT2D eigenvalue weighted by atomic mass is 10.1. The van der Waals surface area contributed by atoms with Crippen molar-refractivity contribution in [2.45, 2.75) is 24.3 Å². The average molecular weight is 325 g/mol. The highest BCUT2D eigenvalue weighted by molar-refractivity contribution is 7.99. The summed E-state index contributed by atoms with van der Waals surface area (Å²) in [5.74, 6) is 0.761. The minimum absolute atomic E-state index is 0.0986. The fraction of sp³-hybridized carbons (Fsp3) is 0.222. The van der Waals surface area contributed by atoms with Gasteiger partial charge in [-0.3, -0.25) is 4.79 Å². The number of thioether (sulfide) groups is 1. The number of ketones is 1. The summed E-state index contributed by atoms with van der Waals surface area (Å²) in [7, 11) is 0. The lowest BCUT2D eigenvalue weighted by Crippen LogP contribution is -2.45. The summed E-state index contributed by atoms with van der Waals surface area (Å²) in [4.78, 5) is 12.6. The molecule has 0 aliphatic carbocycles. The van der Waals surface area contributed by atoms with Crippen molar-refractivity contribution in [3.63, 3.8) is 0 Å². The predicted molar refractivity (Wildman–Crippen MR) is 89.6 cm³/mol. The second-order valence-electron chi connectivity index (χ2n) is 5.72. The number of carbonyl (C=O) groups is 1. The van der Waals surface area contributed by atoms with Gasteiger partial charge in [-0.2, -0.15) is 0 Å². The topological polar surface area (TPSA) is 46.1 Å². The number of rotatable bonds is 3. The molecule has 1 aliphatic rings. The number of hydrogen-bond donors (Lipinski definition) is 1. The number of aromatic nitrogens is 2. The number of aliphatic hydroxyl groups is 1. The zero-order valence-corrected chi connectivity index (χ0v) is 13.4. The quantitative estimate of drug-likeness (QED) is 0.594. The maximum Gasteiger partial charge on any atom is 0.319 e. The van der Waals surface area contributed by atoms with Crippen LogP contribution < -0.4 is 4.57 Å². The Labute approximate surface area is 138 Å². The summed E-state index contributed by atoms with van der Waals surface area (Å²) in [5.41, 5.74) is 2.83. The number of benzene rings is 2. The van der Waals surface area contributed by atoms with Crippen LogP contribution in [-0.4, -0.2) is 27.3 Å². The van der Waals surface area contributed by atoms with Crippen LogP contribution in [0.5, 0.6) is 0 Å². The smallest absolute Gasteiger partial charge is 0.319 e. The molecule has 116 valence electrons. The van der Waals surface area contributed by atoms with Crippen molar-refractivity contribution in [1.82, 2.24) is 4.57 Å². The van der Waals surface area contributed by atoms with E-state index in [1.54, 1.807) is 11.8 Å². The monoisotopic (exact) mass is 325 g/mol. The van der Waals surface area contributed by atoms with Gasteiger partial charge in [-0.05, 0) is 23.9 Å². The highest BCUT2D eigenvalue weighted by atomic mass is 32.2. The molecule has 2 heterocycles. The van der Waals surface area contributed by atoms with Crippen molar-refractivity contribution in [3.05, 3.63) is 60.2 Å². The third kappa shape index (κ3) is 2.56. The van der Waals surface area contributed by atoms with Crippen LogP contribution in [0.1, 0.15) is 10.4 Å². The van der Waals surface area contributed by atoms with E-state index >= 15 is 0 Å². The summed E-state index contributed by atoms with van der Waals surface area (Å²) in [6.45, 7) is 0.894. The molecule has 5 heteroatoms. The maximum atomic E-state index is 12.6. The summed E-state index contributed by atoms with van der Waals surface area (Å²) >= 11 is 1.61. The summed E-state index contributed by atoms with van der Waals surface area (Å²) in [6, 6.07) is 17.4. The summed E-state index contributed by atoms with van der Waals surface area (Å²) in [5, 5.41) is 11.0. The maximum absolute atomic E-state index is 12.6. The van der Waals surface area contributed by atoms with Gasteiger partial charge in [0.25, 0.3) is 0 Å². The molecule has 0 radical (unpaired) electrons. The Kier molecular flexibility index (Phi) is 3.67. The van der Waals surface area contributed by atoms with E-state index in [0.717, 1.165) is 21.8 Å². The lowest BCUT2D eigenvalue weighted by Gasteiger charge is -2.14. The van der Waals surface area contributed by atoms with Crippen LogP contribution in [0.15, 0.2) is 59.8 Å². The normalized spacial score (nSPS) is 17.2. The summed E-state index contributed by atoms with van der Waals surface area (Å²) < 4.78 is 4.19. The first-order valence-electron chi connectivity index (χ1n) is 7.64. The number of para-hydroxylation sites is 2. The van der Waals surface area contributed by atoms with E-state index in [-0.39, 0.29) is 11.9 Å². The van der Waals surface area contributed by atoms with Gasteiger partial charge < -0.3 is 5.11 Å². The van der Waals surface area contributed by atoms with Gasteiger partial charge in [0.05, 0.1) is 0 Å². The SMILES string of the molecule is O=C(Cn1c2[n+](c3ccccc31)CC(O)CS2)c1ccccc1. The molecule has 1 atom stereocenters. The van der Waals surface area contributed by atoms with Crippen molar-refractivity contribution >= 4 is 28.6 Å². The number of fused-ring (bicyclic) bond motifs is 3. The van der Waals surface area contributed by atoms with Gasteiger partial charge in [-0.25, -0.2) is 9.13 Å². The van der Waals surface area contributed by atoms with Crippen LogP contribution in [0.25, 0.3) is 11.0 Å². The van der Waals surface area contributed by atoms with E-state index in [1.807, 2.05) is 54.6 Å². The largest absolute Gasteiger partial charge is 0.388 e. The van der Waals surface area contributed by atoms with E-state index in [4.69, 9.17) is 0 Å². The molecule has 1 aromatic heterocycles. The highest BCUT2D eigenvalue weighted by Crippen LogP contribution is 2.26. The van der Waals surface area contributed by atoms with Gasteiger partial charge in [0.2, 0.25) is 5.78 Å². The van der Waals surface area contributed by atoms with Gasteiger partial charge in [-0.1, -0.05) is 42.5 Å². The molecule has 0 fully saturated rings. The van der Waals surface area contributed by atoms with Gasteiger partial charge in [0, 0.05) is 11.3 Å².